The average molecular weight is 436 g/mol. The highest BCUT2D eigenvalue weighted by Gasteiger charge is 2.25. The van der Waals surface area contributed by atoms with Crippen molar-refractivity contribution in [3.63, 3.8) is 0 Å². The Balaban J connectivity index is 1.33. The van der Waals surface area contributed by atoms with E-state index in [1.807, 2.05) is 30.3 Å². The predicted molar refractivity (Wildman–Crippen MR) is 124 cm³/mol. The molecule has 0 spiro atoms. The number of urea groups is 1. The topological polar surface area (TPSA) is 108 Å². The lowest BCUT2D eigenvalue weighted by molar-refractivity contribution is -0.122. The second-order valence-electron chi connectivity index (χ2n) is 8.47. The second-order valence-corrected chi connectivity index (χ2v) is 8.47. The summed E-state index contributed by atoms with van der Waals surface area (Å²) in [6.45, 7) is 2.57. The molecule has 1 atom stereocenters. The molecule has 1 fully saturated rings. The smallest absolute Gasteiger partial charge is 0.319 e. The first kappa shape index (κ1) is 21.7. The lowest BCUT2D eigenvalue weighted by Gasteiger charge is -2.33. The number of anilines is 2. The summed E-state index contributed by atoms with van der Waals surface area (Å²) in [5.41, 5.74) is 9.69. The van der Waals surface area contributed by atoms with Crippen molar-refractivity contribution in [1.29, 1.82) is 0 Å². The van der Waals surface area contributed by atoms with E-state index < -0.39 is 0 Å². The predicted octanol–water partition coefficient (Wildman–Crippen LogP) is 2.34. The molecule has 1 unspecified atom stereocenters. The molecule has 0 saturated carbocycles. The van der Waals surface area contributed by atoms with Crippen molar-refractivity contribution < 1.29 is 14.4 Å². The van der Waals surface area contributed by atoms with Crippen LogP contribution in [0.4, 0.5) is 16.2 Å². The van der Waals surface area contributed by atoms with Crippen molar-refractivity contribution in [3.05, 3.63) is 59.2 Å². The zero-order valence-corrected chi connectivity index (χ0v) is 18.3. The zero-order valence-electron chi connectivity index (χ0n) is 18.3. The zero-order chi connectivity index (χ0) is 22.7. The molecule has 1 saturated heterocycles. The molecule has 2 aliphatic heterocycles. The Morgan fingerprint density at radius 1 is 1.12 bits per heavy atom. The minimum absolute atomic E-state index is 0.0220. The first-order chi connectivity index (χ1) is 15.4. The molecule has 0 aromatic heterocycles. The van der Waals surface area contributed by atoms with Gasteiger partial charge in [-0.1, -0.05) is 18.2 Å². The summed E-state index contributed by atoms with van der Waals surface area (Å²) < 4.78 is 0. The van der Waals surface area contributed by atoms with Gasteiger partial charge in [-0.15, -0.1) is 0 Å². The summed E-state index contributed by atoms with van der Waals surface area (Å²) in [4.78, 5) is 40.2. The Hall–Kier alpha value is -3.55. The lowest BCUT2D eigenvalue weighted by atomic mass is 9.97. The number of likely N-dealkylation sites (N-methyl/N-ethyl adjacent to an activating group) is 1. The van der Waals surface area contributed by atoms with E-state index >= 15 is 0 Å². The van der Waals surface area contributed by atoms with Crippen LogP contribution >= 0.6 is 0 Å². The second kappa shape index (κ2) is 9.30. The van der Waals surface area contributed by atoms with Crippen LogP contribution in [0.15, 0.2) is 42.5 Å². The minimum atomic E-state index is -0.311. The maximum Gasteiger partial charge on any atom is 0.319 e. The fourth-order valence-electron chi connectivity index (χ4n) is 4.38. The molecular weight excluding hydrogens is 406 g/mol. The third-order valence-electron chi connectivity index (χ3n) is 6.28. The van der Waals surface area contributed by atoms with E-state index in [0.29, 0.717) is 37.3 Å². The molecule has 0 aliphatic carbocycles. The van der Waals surface area contributed by atoms with E-state index in [9.17, 15) is 14.4 Å². The van der Waals surface area contributed by atoms with Crippen LogP contribution < -0.4 is 21.3 Å². The van der Waals surface area contributed by atoms with Crippen molar-refractivity contribution in [2.45, 2.75) is 25.8 Å². The largest absolute Gasteiger partial charge is 0.371 e. The first-order valence-electron chi connectivity index (χ1n) is 11.0. The molecule has 4 amide bonds. The van der Waals surface area contributed by atoms with Gasteiger partial charge < -0.3 is 26.2 Å². The highest BCUT2D eigenvalue weighted by molar-refractivity contribution is 6.00. The van der Waals surface area contributed by atoms with Crippen molar-refractivity contribution >= 4 is 29.2 Å². The molecular formula is C24H29N5O3. The summed E-state index contributed by atoms with van der Waals surface area (Å²) in [5, 5.41) is 5.76. The number of amides is 4. The molecule has 0 radical (unpaired) electrons. The fraction of sp³-hybridized carbons (Fsp3) is 0.375. The van der Waals surface area contributed by atoms with E-state index in [4.69, 9.17) is 5.73 Å². The number of benzene rings is 2. The summed E-state index contributed by atoms with van der Waals surface area (Å²) in [6, 6.07) is 13.1. The number of primary amides is 1. The fourth-order valence-corrected chi connectivity index (χ4v) is 4.38. The quantitative estimate of drug-likeness (QED) is 0.670. The Bertz CT molecular complexity index is 1020. The molecule has 2 aliphatic rings. The average Bonchev–Trinajstić information content (AvgIpc) is 2.81. The van der Waals surface area contributed by atoms with Crippen LogP contribution in [0.1, 0.15) is 34.3 Å². The van der Waals surface area contributed by atoms with Gasteiger partial charge in [-0.3, -0.25) is 9.59 Å². The Kier molecular flexibility index (Phi) is 6.30. The molecule has 0 bridgehead atoms. The number of carbonyl (C=O) groups is 3. The van der Waals surface area contributed by atoms with Crippen LogP contribution in [0, 0.1) is 5.92 Å². The number of rotatable bonds is 5. The highest BCUT2D eigenvalue weighted by Crippen LogP contribution is 2.26. The summed E-state index contributed by atoms with van der Waals surface area (Å²) in [5.74, 6) is -0.364. The Labute approximate surface area is 187 Å². The number of piperidine rings is 1. The number of nitrogens with two attached hydrogens (primary N) is 1. The number of carbonyl (C=O) groups excluding carboxylic acids is 3. The Morgan fingerprint density at radius 2 is 1.91 bits per heavy atom. The third-order valence-corrected chi connectivity index (χ3v) is 6.28. The van der Waals surface area contributed by atoms with Crippen molar-refractivity contribution in [2.75, 3.05) is 36.9 Å². The summed E-state index contributed by atoms with van der Waals surface area (Å²) in [7, 11) is 1.78. The molecule has 8 nitrogen and oxygen atoms in total. The molecule has 32 heavy (non-hydrogen) atoms. The van der Waals surface area contributed by atoms with Gasteiger partial charge in [0.15, 0.2) is 0 Å². The van der Waals surface area contributed by atoms with Gasteiger partial charge in [0, 0.05) is 50.2 Å². The molecule has 4 rings (SSSR count). The van der Waals surface area contributed by atoms with E-state index in [0.717, 1.165) is 36.2 Å². The van der Waals surface area contributed by atoms with E-state index in [-0.39, 0.29) is 23.8 Å². The van der Waals surface area contributed by atoms with Gasteiger partial charge >= 0.3 is 6.03 Å². The molecule has 8 heteroatoms. The number of hydrogen-bond donors (Lipinski definition) is 3. The summed E-state index contributed by atoms with van der Waals surface area (Å²) in [6.07, 6.45) is 2.50. The molecule has 4 N–H and O–H groups in total. The van der Waals surface area contributed by atoms with E-state index in [1.54, 1.807) is 24.1 Å². The van der Waals surface area contributed by atoms with Crippen LogP contribution in [-0.2, 0) is 17.8 Å². The van der Waals surface area contributed by atoms with Crippen LogP contribution in [-0.4, -0.2) is 49.4 Å². The van der Waals surface area contributed by atoms with Gasteiger partial charge in [-0.25, -0.2) is 4.79 Å². The SMILES string of the molecule is CN1CCc2c(NC(=O)NCc3ccc(N4CCCC(C(N)=O)C4)cc3)cccc2C1=O. The van der Waals surface area contributed by atoms with Crippen molar-refractivity contribution in [2.24, 2.45) is 11.7 Å². The lowest BCUT2D eigenvalue weighted by Crippen LogP contribution is -2.41. The molecule has 2 aromatic carbocycles. The van der Waals surface area contributed by atoms with Crippen LogP contribution in [0.25, 0.3) is 0 Å². The third kappa shape index (κ3) is 4.69. The maximum absolute atomic E-state index is 12.5. The normalized spacial score (nSPS) is 18.2. The number of fused-ring (bicyclic) bond motifs is 1. The van der Waals surface area contributed by atoms with Crippen molar-refractivity contribution in [3.8, 4) is 0 Å². The molecule has 168 valence electrons. The Morgan fingerprint density at radius 3 is 2.66 bits per heavy atom. The minimum Gasteiger partial charge on any atom is -0.371 e. The number of nitrogens with one attached hydrogen (secondary N) is 2. The molecule has 2 aromatic rings. The maximum atomic E-state index is 12.5. The number of hydrogen-bond acceptors (Lipinski definition) is 4. The first-order valence-corrected chi connectivity index (χ1v) is 11.0. The standard InChI is InChI=1S/C24H29N5O3/c1-28-13-11-19-20(23(28)31)5-2-6-21(19)27-24(32)26-14-16-7-9-18(10-8-16)29-12-3-4-17(15-29)22(25)30/h2,5-10,17H,3-4,11-15H2,1H3,(H2,25,30)(H2,26,27,32). The van der Waals surface area contributed by atoms with E-state index in [2.05, 4.69) is 15.5 Å². The van der Waals surface area contributed by atoms with Gasteiger partial charge in [0.05, 0.1) is 5.92 Å². The van der Waals surface area contributed by atoms with Gasteiger partial charge in [0.25, 0.3) is 5.91 Å². The van der Waals surface area contributed by atoms with Gasteiger partial charge in [-0.2, -0.15) is 0 Å². The van der Waals surface area contributed by atoms with Gasteiger partial charge in [0.1, 0.15) is 0 Å². The van der Waals surface area contributed by atoms with Crippen LogP contribution in [0.2, 0.25) is 0 Å². The highest BCUT2D eigenvalue weighted by atomic mass is 16.2. The van der Waals surface area contributed by atoms with Crippen LogP contribution in [0.3, 0.4) is 0 Å². The molecule has 2 heterocycles. The van der Waals surface area contributed by atoms with E-state index in [1.165, 1.54) is 0 Å². The van der Waals surface area contributed by atoms with Crippen LogP contribution in [0.5, 0.6) is 0 Å². The van der Waals surface area contributed by atoms with Gasteiger partial charge in [0.2, 0.25) is 5.91 Å². The van der Waals surface area contributed by atoms with Crippen molar-refractivity contribution in [1.82, 2.24) is 10.2 Å². The summed E-state index contributed by atoms with van der Waals surface area (Å²) >= 11 is 0. The number of nitrogens with zero attached hydrogens (tertiary/aromatic N) is 2. The monoisotopic (exact) mass is 435 g/mol. The van der Waals surface area contributed by atoms with Gasteiger partial charge in [-0.05, 0) is 54.7 Å².